The highest BCUT2D eigenvalue weighted by molar-refractivity contribution is 5.97. The van der Waals surface area contributed by atoms with Crippen molar-refractivity contribution >= 4 is 11.9 Å². The lowest BCUT2D eigenvalue weighted by molar-refractivity contribution is 0.0302. The zero-order valence-electron chi connectivity index (χ0n) is 9.13. The Balaban J connectivity index is 2.18. The maximum absolute atomic E-state index is 12.0. The van der Waals surface area contributed by atoms with E-state index in [1.54, 1.807) is 4.90 Å². The molecule has 0 radical (unpaired) electrons. The van der Waals surface area contributed by atoms with Gasteiger partial charge < -0.3 is 14.7 Å². The fraction of sp³-hybridized carbons (Fsp3) is 0.364. The topological polar surface area (TPSA) is 79.7 Å². The number of aromatic nitrogens is 1. The monoisotopic (exact) mass is 236 g/mol. The van der Waals surface area contributed by atoms with E-state index in [9.17, 15) is 9.59 Å². The van der Waals surface area contributed by atoms with Crippen LogP contribution >= 0.6 is 0 Å². The second kappa shape index (κ2) is 4.92. The van der Waals surface area contributed by atoms with Crippen molar-refractivity contribution in [2.75, 3.05) is 26.3 Å². The summed E-state index contributed by atoms with van der Waals surface area (Å²) in [6.45, 7) is 2.07. The number of rotatable bonds is 2. The van der Waals surface area contributed by atoms with Crippen LogP contribution in [0.25, 0.3) is 0 Å². The molecule has 17 heavy (non-hydrogen) atoms. The van der Waals surface area contributed by atoms with Crippen LogP contribution in [0.3, 0.4) is 0 Å². The highest BCUT2D eigenvalue weighted by Crippen LogP contribution is 2.08. The number of aromatic carboxylic acids is 1. The van der Waals surface area contributed by atoms with Gasteiger partial charge in [0.2, 0.25) is 0 Å². The number of hydrogen-bond acceptors (Lipinski definition) is 4. The summed E-state index contributed by atoms with van der Waals surface area (Å²) in [5.41, 5.74) is 0.316. The summed E-state index contributed by atoms with van der Waals surface area (Å²) < 4.78 is 5.14. The van der Waals surface area contributed by atoms with E-state index in [4.69, 9.17) is 9.84 Å². The number of hydrogen-bond donors (Lipinski definition) is 1. The Hall–Kier alpha value is -1.95. The molecule has 2 rings (SSSR count). The molecule has 1 N–H and O–H groups in total. The van der Waals surface area contributed by atoms with Crippen LogP contribution in [0.2, 0.25) is 0 Å². The molecule has 1 amide bonds. The Labute approximate surface area is 97.8 Å². The van der Waals surface area contributed by atoms with Gasteiger partial charge >= 0.3 is 5.97 Å². The number of amides is 1. The van der Waals surface area contributed by atoms with E-state index >= 15 is 0 Å². The van der Waals surface area contributed by atoms with Crippen LogP contribution in [-0.4, -0.2) is 53.2 Å². The van der Waals surface area contributed by atoms with Gasteiger partial charge in [-0.1, -0.05) is 0 Å². The standard InChI is InChI=1S/C11H12N2O4/c14-10(13-1-3-17-4-2-13)8-5-9(11(15)16)7-12-6-8/h5-7H,1-4H2,(H,15,16). The second-order valence-electron chi connectivity index (χ2n) is 3.67. The Morgan fingerprint density at radius 3 is 2.53 bits per heavy atom. The van der Waals surface area contributed by atoms with Gasteiger partial charge in [-0.25, -0.2) is 4.79 Å². The van der Waals surface area contributed by atoms with Gasteiger partial charge in [0.15, 0.2) is 0 Å². The van der Waals surface area contributed by atoms with Crippen molar-refractivity contribution in [2.45, 2.75) is 0 Å². The van der Waals surface area contributed by atoms with Crippen molar-refractivity contribution in [2.24, 2.45) is 0 Å². The first-order valence-corrected chi connectivity index (χ1v) is 5.24. The normalized spacial score (nSPS) is 15.6. The number of carboxylic acids is 1. The van der Waals surface area contributed by atoms with E-state index in [0.717, 1.165) is 0 Å². The molecule has 1 aliphatic rings. The first-order chi connectivity index (χ1) is 8.18. The third-order valence-corrected chi connectivity index (χ3v) is 2.53. The summed E-state index contributed by atoms with van der Waals surface area (Å²) in [6, 6.07) is 1.34. The molecule has 0 saturated carbocycles. The molecular formula is C11H12N2O4. The van der Waals surface area contributed by atoms with Gasteiger partial charge in [-0.3, -0.25) is 9.78 Å². The lowest BCUT2D eigenvalue weighted by Crippen LogP contribution is -2.40. The third-order valence-electron chi connectivity index (χ3n) is 2.53. The molecule has 0 spiro atoms. The van der Waals surface area contributed by atoms with E-state index in [-0.39, 0.29) is 11.5 Å². The Morgan fingerprint density at radius 1 is 1.24 bits per heavy atom. The number of carbonyl (C=O) groups excluding carboxylic acids is 1. The lowest BCUT2D eigenvalue weighted by Gasteiger charge is -2.26. The summed E-state index contributed by atoms with van der Waals surface area (Å²) in [4.78, 5) is 28.2. The summed E-state index contributed by atoms with van der Waals surface area (Å²) >= 11 is 0. The van der Waals surface area contributed by atoms with E-state index in [1.165, 1.54) is 18.5 Å². The predicted molar refractivity (Wildman–Crippen MR) is 57.9 cm³/mol. The largest absolute Gasteiger partial charge is 0.478 e. The van der Waals surface area contributed by atoms with Crippen LogP contribution in [0.1, 0.15) is 20.7 Å². The SMILES string of the molecule is O=C(O)c1cncc(C(=O)N2CCOCC2)c1. The first kappa shape index (κ1) is 11.5. The molecule has 1 aromatic rings. The van der Waals surface area contributed by atoms with Crippen LogP contribution in [0, 0.1) is 0 Å². The summed E-state index contributed by atoms with van der Waals surface area (Å²) in [7, 11) is 0. The molecule has 1 aromatic heterocycles. The minimum Gasteiger partial charge on any atom is -0.478 e. The minimum atomic E-state index is -1.09. The smallest absolute Gasteiger partial charge is 0.337 e. The second-order valence-corrected chi connectivity index (χ2v) is 3.67. The van der Waals surface area contributed by atoms with Crippen LogP contribution < -0.4 is 0 Å². The average Bonchev–Trinajstić information content (AvgIpc) is 2.39. The molecule has 0 aromatic carbocycles. The molecule has 1 aliphatic heterocycles. The van der Waals surface area contributed by atoms with Gasteiger partial charge in [0.1, 0.15) is 0 Å². The highest BCUT2D eigenvalue weighted by atomic mass is 16.5. The number of carbonyl (C=O) groups is 2. The van der Waals surface area contributed by atoms with Crippen molar-refractivity contribution in [3.8, 4) is 0 Å². The van der Waals surface area contributed by atoms with Crippen molar-refractivity contribution in [1.29, 1.82) is 0 Å². The van der Waals surface area contributed by atoms with Gasteiger partial charge in [0, 0.05) is 25.5 Å². The van der Waals surface area contributed by atoms with Gasteiger partial charge in [0.05, 0.1) is 24.3 Å². The fourth-order valence-electron chi connectivity index (χ4n) is 1.62. The molecule has 6 heteroatoms. The molecule has 0 atom stereocenters. The molecule has 90 valence electrons. The molecule has 6 nitrogen and oxygen atoms in total. The molecule has 1 fully saturated rings. The Kier molecular flexibility index (Phi) is 3.34. The quantitative estimate of drug-likeness (QED) is 0.796. The fourth-order valence-corrected chi connectivity index (χ4v) is 1.62. The van der Waals surface area contributed by atoms with Crippen LogP contribution in [0.4, 0.5) is 0 Å². The van der Waals surface area contributed by atoms with Crippen LogP contribution in [-0.2, 0) is 4.74 Å². The van der Waals surface area contributed by atoms with Crippen LogP contribution in [0.5, 0.6) is 0 Å². The average molecular weight is 236 g/mol. The molecule has 0 aliphatic carbocycles. The van der Waals surface area contributed by atoms with Crippen molar-refractivity contribution in [1.82, 2.24) is 9.88 Å². The number of pyridine rings is 1. The van der Waals surface area contributed by atoms with Crippen molar-refractivity contribution < 1.29 is 19.4 Å². The van der Waals surface area contributed by atoms with Gasteiger partial charge in [0.25, 0.3) is 5.91 Å². The Bertz CT molecular complexity index is 441. The van der Waals surface area contributed by atoms with E-state index in [2.05, 4.69) is 4.98 Å². The highest BCUT2D eigenvalue weighted by Gasteiger charge is 2.19. The van der Waals surface area contributed by atoms with E-state index < -0.39 is 5.97 Å². The number of morpholine rings is 1. The van der Waals surface area contributed by atoms with E-state index in [1.807, 2.05) is 0 Å². The third kappa shape index (κ3) is 2.59. The molecule has 0 unspecified atom stereocenters. The van der Waals surface area contributed by atoms with Gasteiger partial charge in [-0.05, 0) is 6.07 Å². The maximum Gasteiger partial charge on any atom is 0.337 e. The number of nitrogens with zero attached hydrogens (tertiary/aromatic N) is 2. The van der Waals surface area contributed by atoms with Gasteiger partial charge in [-0.2, -0.15) is 0 Å². The lowest BCUT2D eigenvalue weighted by atomic mass is 10.2. The molecule has 0 bridgehead atoms. The van der Waals surface area contributed by atoms with Crippen molar-refractivity contribution in [3.05, 3.63) is 29.6 Å². The maximum atomic E-state index is 12.0. The van der Waals surface area contributed by atoms with Crippen LogP contribution in [0.15, 0.2) is 18.5 Å². The van der Waals surface area contributed by atoms with Crippen molar-refractivity contribution in [3.63, 3.8) is 0 Å². The Morgan fingerprint density at radius 2 is 1.88 bits per heavy atom. The summed E-state index contributed by atoms with van der Waals surface area (Å²) in [6.07, 6.45) is 2.60. The predicted octanol–water partition coefficient (Wildman–Crippen LogP) is 0.252. The summed E-state index contributed by atoms with van der Waals surface area (Å²) in [5.74, 6) is -1.29. The number of carboxylic acid groups (broad SMARTS) is 1. The molecular weight excluding hydrogens is 224 g/mol. The zero-order valence-corrected chi connectivity index (χ0v) is 9.13. The summed E-state index contributed by atoms with van der Waals surface area (Å²) in [5, 5.41) is 8.82. The molecule has 2 heterocycles. The van der Waals surface area contributed by atoms with E-state index in [0.29, 0.717) is 31.9 Å². The zero-order chi connectivity index (χ0) is 12.3. The number of ether oxygens (including phenoxy) is 1. The minimum absolute atomic E-state index is 0.0177. The first-order valence-electron chi connectivity index (χ1n) is 5.24. The molecule has 1 saturated heterocycles. The van der Waals surface area contributed by atoms with Gasteiger partial charge in [-0.15, -0.1) is 0 Å².